The molecule has 0 aromatic heterocycles. The molecule has 5 heteroatoms. The van der Waals surface area contributed by atoms with Crippen molar-refractivity contribution in [1.82, 2.24) is 0 Å². The highest BCUT2D eigenvalue weighted by Crippen LogP contribution is 2.14. The summed E-state index contributed by atoms with van der Waals surface area (Å²) in [5.41, 5.74) is 2.53. The van der Waals surface area contributed by atoms with E-state index in [9.17, 15) is 4.79 Å². The number of rotatable bonds is 4. The zero-order chi connectivity index (χ0) is 15.2. The Labute approximate surface area is 122 Å². The van der Waals surface area contributed by atoms with E-state index in [-0.39, 0.29) is 5.91 Å². The Hall–Kier alpha value is -2.82. The Bertz CT molecular complexity index is 646. The van der Waals surface area contributed by atoms with E-state index in [2.05, 4.69) is 10.5 Å². The number of carbonyl (C=O) groups excluding carboxylic acids is 1. The standard InChI is InChI=1S/C16H16N2O3/c1-11(18-20)12-3-7-14(8-4-12)17-16(19)13-5-9-15(21-2)10-6-13/h3-10,20H,1-2H3,(H,17,19)/b18-11+. The molecule has 2 aromatic rings. The number of hydrogen-bond acceptors (Lipinski definition) is 4. The zero-order valence-corrected chi connectivity index (χ0v) is 11.8. The monoisotopic (exact) mass is 284 g/mol. The molecule has 0 aliphatic carbocycles. The van der Waals surface area contributed by atoms with Crippen LogP contribution >= 0.6 is 0 Å². The molecule has 0 heterocycles. The van der Waals surface area contributed by atoms with Gasteiger partial charge in [-0.3, -0.25) is 4.79 Å². The van der Waals surface area contributed by atoms with Crippen LogP contribution in [0.5, 0.6) is 5.75 Å². The number of nitrogens with zero attached hydrogens (tertiary/aromatic N) is 1. The van der Waals surface area contributed by atoms with Gasteiger partial charge in [-0.1, -0.05) is 17.3 Å². The highest BCUT2D eigenvalue weighted by atomic mass is 16.5. The summed E-state index contributed by atoms with van der Waals surface area (Å²) in [6.07, 6.45) is 0. The zero-order valence-electron chi connectivity index (χ0n) is 11.8. The molecule has 2 aromatic carbocycles. The fourth-order valence-corrected chi connectivity index (χ4v) is 1.80. The average Bonchev–Trinajstić information content (AvgIpc) is 2.55. The maximum Gasteiger partial charge on any atom is 0.255 e. The van der Waals surface area contributed by atoms with Crippen molar-refractivity contribution in [3.63, 3.8) is 0 Å². The van der Waals surface area contributed by atoms with E-state index in [0.29, 0.717) is 22.7 Å². The van der Waals surface area contributed by atoms with Crippen LogP contribution in [0.4, 0.5) is 5.69 Å². The lowest BCUT2D eigenvalue weighted by molar-refractivity contribution is 0.102. The van der Waals surface area contributed by atoms with Gasteiger partial charge in [0.05, 0.1) is 12.8 Å². The van der Waals surface area contributed by atoms with Crippen LogP contribution in [0.1, 0.15) is 22.8 Å². The fourth-order valence-electron chi connectivity index (χ4n) is 1.80. The first-order chi connectivity index (χ1) is 10.1. The lowest BCUT2D eigenvalue weighted by Crippen LogP contribution is -2.11. The van der Waals surface area contributed by atoms with Gasteiger partial charge in [0, 0.05) is 11.3 Å². The molecule has 21 heavy (non-hydrogen) atoms. The summed E-state index contributed by atoms with van der Waals surface area (Å²) in [6.45, 7) is 1.70. The summed E-state index contributed by atoms with van der Waals surface area (Å²) in [7, 11) is 1.58. The summed E-state index contributed by atoms with van der Waals surface area (Å²) >= 11 is 0. The van der Waals surface area contributed by atoms with Crippen LogP contribution in [0, 0.1) is 0 Å². The first kappa shape index (κ1) is 14.6. The van der Waals surface area contributed by atoms with Crippen LogP contribution in [0.3, 0.4) is 0 Å². The Balaban J connectivity index is 2.08. The first-order valence-corrected chi connectivity index (χ1v) is 6.38. The molecule has 2 N–H and O–H groups in total. The van der Waals surface area contributed by atoms with Crippen molar-refractivity contribution in [1.29, 1.82) is 0 Å². The molecule has 0 spiro atoms. The van der Waals surface area contributed by atoms with E-state index < -0.39 is 0 Å². The van der Waals surface area contributed by atoms with E-state index in [1.54, 1.807) is 62.6 Å². The number of anilines is 1. The van der Waals surface area contributed by atoms with Crippen molar-refractivity contribution in [3.8, 4) is 5.75 Å². The Morgan fingerprint density at radius 2 is 1.62 bits per heavy atom. The third-order valence-electron chi connectivity index (χ3n) is 3.06. The highest BCUT2D eigenvalue weighted by molar-refractivity contribution is 6.04. The quantitative estimate of drug-likeness (QED) is 0.514. The number of oxime groups is 1. The van der Waals surface area contributed by atoms with Gasteiger partial charge < -0.3 is 15.3 Å². The number of benzene rings is 2. The van der Waals surface area contributed by atoms with Crippen molar-refractivity contribution in [2.45, 2.75) is 6.92 Å². The fraction of sp³-hybridized carbons (Fsp3) is 0.125. The van der Waals surface area contributed by atoms with Crippen molar-refractivity contribution >= 4 is 17.3 Å². The predicted octanol–water partition coefficient (Wildman–Crippen LogP) is 3.15. The van der Waals surface area contributed by atoms with Gasteiger partial charge in [0.15, 0.2) is 0 Å². The number of nitrogens with one attached hydrogen (secondary N) is 1. The van der Waals surface area contributed by atoms with Crippen molar-refractivity contribution < 1.29 is 14.7 Å². The molecular weight excluding hydrogens is 268 g/mol. The molecule has 0 aliphatic rings. The molecule has 0 radical (unpaired) electrons. The maximum atomic E-state index is 12.1. The predicted molar refractivity (Wildman–Crippen MR) is 81.4 cm³/mol. The van der Waals surface area contributed by atoms with Crippen molar-refractivity contribution in [3.05, 3.63) is 59.7 Å². The second kappa shape index (κ2) is 6.56. The molecule has 0 bridgehead atoms. The minimum Gasteiger partial charge on any atom is -0.497 e. The molecule has 2 rings (SSSR count). The molecule has 5 nitrogen and oxygen atoms in total. The van der Waals surface area contributed by atoms with E-state index in [1.165, 1.54) is 0 Å². The van der Waals surface area contributed by atoms with Crippen LogP contribution in [-0.4, -0.2) is 23.9 Å². The smallest absolute Gasteiger partial charge is 0.255 e. The molecule has 0 saturated heterocycles. The minimum absolute atomic E-state index is 0.196. The van der Waals surface area contributed by atoms with Gasteiger partial charge in [-0.2, -0.15) is 0 Å². The van der Waals surface area contributed by atoms with Gasteiger partial charge in [0.25, 0.3) is 5.91 Å². The van der Waals surface area contributed by atoms with Crippen LogP contribution in [-0.2, 0) is 0 Å². The summed E-state index contributed by atoms with van der Waals surface area (Å²) in [5.74, 6) is 0.507. The third kappa shape index (κ3) is 3.60. The maximum absolute atomic E-state index is 12.1. The SMILES string of the molecule is COc1ccc(C(=O)Nc2ccc(/C(C)=N/O)cc2)cc1. The number of methoxy groups -OCH3 is 1. The molecule has 0 unspecified atom stereocenters. The lowest BCUT2D eigenvalue weighted by atomic mass is 10.1. The summed E-state index contributed by atoms with van der Waals surface area (Å²) in [4.78, 5) is 12.1. The van der Waals surface area contributed by atoms with Gasteiger partial charge in [0.2, 0.25) is 0 Å². The van der Waals surface area contributed by atoms with Crippen LogP contribution in [0.25, 0.3) is 0 Å². The highest BCUT2D eigenvalue weighted by Gasteiger charge is 2.06. The Morgan fingerprint density at radius 3 is 2.14 bits per heavy atom. The summed E-state index contributed by atoms with van der Waals surface area (Å²) in [6, 6.07) is 13.9. The average molecular weight is 284 g/mol. The Morgan fingerprint density at radius 1 is 1.05 bits per heavy atom. The van der Waals surface area contributed by atoms with E-state index in [1.807, 2.05) is 0 Å². The largest absolute Gasteiger partial charge is 0.497 e. The normalized spacial score (nSPS) is 11.0. The van der Waals surface area contributed by atoms with Gasteiger partial charge in [-0.25, -0.2) is 0 Å². The summed E-state index contributed by atoms with van der Waals surface area (Å²) < 4.78 is 5.05. The van der Waals surface area contributed by atoms with Crippen LogP contribution < -0.4 is 10.1 Å². The van der Waals surface area contributed by atoms with Gasteiger partial charge in [-0.05, 0) is 48.9 Å². The van der Waals surface area contributed by atoms with E-state index in [0.717, 1.165) is 5.56 Å². The number of ether oxygens (including phenoxy) is 1. The first-order valence-electron chi connectivity index (χ1n) is 6.38. The lowest BCUT2D eigenvalue weighted by Gasteiger charge is -2.07. The van der Waals surface area contributed by atoms with E-state index >= 15 is 0 Å². The second-order valence-corrected chi connectivity index (χ2v) is 4.45. The number of amides is 1. The van der Waals surface area contributed by atoms with Gasteiger partial charge >= 0.3 is 0 Å². The number of carbonyl (C=O) groups is 1. The molecule has 0 saturated carbocycles. The minimum atomic E-state index is -0.196. The van der Waals surface area contributed by atoms with E-state index in [4.69, 9.17) is 9.94 Å². The van der Waals surface area contributed by atoms with Crippen LogP contribution in [0.15, 0.2) is 53.7 Å². The molecule has 0 fully saturated rings. The van der Waals surface area contributed by atoms with Crippen molar-refractivity contribution in [2.24, 2.45) is 5.16 Å². The Kier molecular flexibility index (Phi) is 4.56. The van der Waals surface area contributed by atoms with Crippen molar-refractivity contribution in [2.75, 3.05) is 12.4 Å². The molecule has 108 valence electrons. The molecule has 0 atom stereocenters. The topological polar surface area (TPSA) is 70.9 Å². The van der Waals surface area contributed by atoms with Crippen LogP contribution in [0.2, 0.25) is 0 Å². The molecular formula is C16H16N2O3. The van der Waals surface area contributed by atoms with Gasteiger partial charge in [-0.15, -0.1) is 0 Å². The number of hydrogen-bond donors (Lipinski definition) is 2. The van der Waals surface area contributed by atoms with Gasteiger partial charge in [0.1, 0.15) is 5.75 Å². The molecule has 0 aliphatic heterocycles. The molecule has 1 amide bonds. The second-order valence-electron chi connectivity index (χ2n) is 4.45. The summed E-state index contributed by atoms with van der Waals surface area (Å²) in [5, 5.41) is 14.6. The third-order valence-corrected chi connectivity index (χ3v) is 3.06.